The smallest absolute Gasteiger partial charge is 0.179 e. The van der Waals surface area contributed by atoms with Gasteiger partial charge in [0.25, 0.3) is 0 Å². The van der Waals surface area contributed by atoms with E-state index in [1.807, 2.05) is 36.7 Å². The van der Waals surface area contributed by atoms with Crippen LogP contribution in [0.25, 0.3) is 16.8 Å². The van der Waals surface area contributed by atoms with Crippen LogP contribution in [0.5, 0.6) is 0 Å². The van der Waals surface area contributed by atoms with Crippen molar-refractivity contribution in [3.8, 4) is 23.4 Å². The van der Waals surface area contributed by atoms with Gasteiger partial charge in [0.05, 0.1) is 12.2 Å². The van der Waals surface area contributed by atoms with Gasteiger partial charge < -0.3 is 9.30 Å². The fraction of sp³-hybridized carbons (Fsp3) is 0.263. The topological polar surface area (TPSA) is 81.0 Å². The summed E-state index contributed by atoms with van der Waals surface area (Å²) in [6.45, 7) is 0.624. The maximum absolute atomic E-state index is 15.4. The Morgan fingerprint density at radius 1 is 1.19 bits per heavy atom. The number of fused-ring (bicyclic) bond motifs is 1. The maximum Gasteiger partial charge on any atom is 0.179 e. The molecule has 128 valence electrons. The van der Waals surface area contributed by atoms with Crippen LogP contribution in [-0.4, -0.2) is 32.4 Å². The molecule has 3 aromatic rings. The van der Waals surface area contributed by atoms with Gasteiger partial charge in [0.1, 0.15) is 17.4 Å². The molecule has 4 heterocycles. The Morgan fingerprint density at radius 2 is 2.04 bits per heavy atom. The lowest BCUT2D eigenvalue weighted by atomic mass is 9.92. The van der Waals surface area contributed by atoms with Gasteiger partial charge in [-0.05, 0) is 48.2 Å². The van der Waals surface area contributed by atoms with Crippen molar-refractivity contribution in [2.75, 3.05) is 13.1 Å². The summed E-state index contributed by atoms with van der Waals surface area (Å²) in [6.07, 6.45) is 8.11. The highest BCUT2D eigenvalue weighted by Crippen LogP contribution is 2.35. The number of alkyl halides is 1. The number of hydrogen-bond donors (Lipinski definition) is 0. The van der Waals surface area contributed by atoms with Gasteiger partial charge in [0, 0.05) is 25.1 Å². The second-order valence-corrected chi connectivity index (χ2v) is 6.44. The van der Waals surface area contributed by atoms with E-state index in [-0.39, 0.29) is 6.54 Å². The summed E-state index contributed by atoms with van der Waals surface area (Å²) in [5.41, 5.74) is 1.43. The molecule has 1 aliphatic rings. The van der Waals surface area contributed by atoms with Gasteiger partial charge in [-0.2, -0.15) is 10.5 Å². The molecule has 1 aliphatic heterocycles. The van der Waals surface area contributed by atoms with Crippen molar-refractivity contribution in [1.82, 2.24) is 19.3 Å². The summed E-state index contributed by atoms with van der Waals surface area (Å²) in [6, 6.07) is 9.30. The van der Waals surface area contributed by atoms with Crippen LogP contribution in [0.3, 0.4) is 0 Å². The lowest BCUT2D eigenvalue weighted by Crippen LogP contribution is -2.41. The number of pyridine rings is 2. The van der Waals surface area contributed by atoms with E-state index in [1.54, 1.807) is 22.9 Å². The number of imidazole rings is 1. The van der Waals surface area contributed by atoms with Crippen LogP contribution in [-0.2, 0) is 5.67 Å². The minimum Gasteiger partial charge on any atom is -0.307 e. The Labute approximate surface area is 149 Å². The number of rotatable bonds is 2. The van der Waals surface area contributed by atoms with E-state index in [9.17, 15) is 0 Å². The summed E-state index contributed by atoms with van der Waals surface area (Å²) in [5, 5.41) is 18.1. The van der Waals surface area contributed by atoms with Crippen LogP contribution in [0.15, 0.2) is 42.9 Å². The SMILES string of the molecule is N#Cc1cc(-c2ccn3cc(C4(F)CCCN(C#N)C4)nc3c2)ccn1. The standard InChI is InChI=1S/C19H15FN6/c20-19(4-1-6-25(12-19)13-22)17-11-26-7-3-15(9-18(26)24-17)14-2-5-23-16(8-14)10-21/h2-3,5,7-9,11H,1,4,6,12H2. The lowest BCUT2D eigenvalue weighted by Gasteiger charge is -2.33. The van der Waals surface area contributed by atoms with E-state index in [1.165, 1.54) is 4.90 Å². The van der Waals surface area contributed by atoms with Crippen molar-refractivity contribution in [3.05, 3.63) is 54.2 Å². The summed E-state index contributed by atoms with van der Waals surface area (Å²) >= 11 is 0. The van der Waals surface area contributed by atoms with Crippen molar-refractivity contribution in [2.24, 2.45) is 0 Å². The second kappa shape index (κ2) is 6.12. The van der Waals surface area contributed by atoms with E-state index in [2.05, 4.69) is 9.97 Å². The largest absolute Gasteiger partial charge is 0.307 e. The molecule has 1 unspecified atom stereocenters. The highest BCUT2D eigenvalue weighted by molar-refractivity contribution is 5.68. The van der Waals surface area contributed by atoms with E-state index in [0.717, 1.165) is 11.1 Å². The Hall–Kier alpha value is -3.45. The number of likely N-dealkylation sites (tertiary alicyclic amines) is 1. The van der Waals surface area contributed by atoms with Crippen LogP contribution < -0.4 is 0 Å². The van der Waals surface area contributed by atoms with Gasteiger partial charge in [0.2, 0.25) is 0 Å². The van der Waals surface area contributed by atoms with Crippen LogP contribution >= 0.6 is 0 Å². The van der Waals surface area contributed by atoms with Gasteiger partial charge in [-0.15, -0.1) is 0 Å². The van der Waals surface area contributed by atoms with Crippen LogP contribution in [0, 0.1) is 22.8 Å². The molecule has 3 aromatic heterocycles. The summed E-state index contributed by atoms with van der Waals surface area (Å²) in [7, 11) is 0. The van der Waals surface area contributed by atoms with Crippen molar-refractivity contribution in [3.63, 3.8) is 0 Å². The number of hydrogen-bond acceptors (Lipinski definition) is 5. The molecule has 4 rings (SSSR count). The van der Waals surface area contributed by atoms with Gasteiger partial charge in [-0.25, -0.2) is 14.4 Å². The minimum absolute atomic E-state index is 0.0378. The molecule has 0 amide bonds. The summed E-state index contributed by atoms with van der Waals surface area (Å²) < 4.78 is 17.2. The van der Waals surface area contributed by atoms with Crippen LogP contribution in [0.2, 0.25) is 0 Å². The van der Waals surface area contributed by atoms with Crippen molar-refractivity contribution in [1.29, 1.82) is 10.5 Å². The van der Waals surface area contributed by atoms with E-state index < -0.39 is 5.67 Å². The predicted molar refractivity (Wildman–Crippen MR) is 92.3 cm³/mol. The predicted octanol–water partition coefficient (Wildman–Crippen LogP) is 3.01. The normalized spacial score (nSPS) is 19.9. The van der Waals surface area contributed by atoms with E-state index >= 15 is 4.39 Å². The molecular formula is C19H15FN6. The first-order valence-electron chi connectivity index (χ1n) is 8.31. The third-order valence-electron chi connectivity index (χ3n) is 4.71. The molecule has 0 saturated carbocycles. The molecule has 0 aliphatic carbocycles. The maximum atomic E-state index is 15.4. The average Bonchev–Trinajstić information content (AvgIpc) is 3.12. The zero-order valence-corrected chi connectivity index (χ0v) is 13.9. The van der Waals surface area contributed by atoms with Crippen molar-refractivity contribution >= 4 is 5.65 Å². The van der Waals surface area contributed by atoms with Gasteiger partial charge in [0.15, 0.2) is 11.9 Å². The quantitative estimate of drug-likeness (QED) is 0.666. The molecular weight excluding hydrogens is 331 g/mol. The van der Waals surface area contributed by atoms with Gasteiger partial charge >= 0.3 is 0 Å². The zero-order valence-electron chi connectivity index (χ0n) is 13.9. The second-order valence-electron chi connectivity index (χ2n) is 6.44. The third-order valence-corrected chi connectivity index (χ3v) is 4.71. The summed E-state index contributed by atoms with van der Waals surface area (Å²) in [4.78, 5) is 9.89. The Balaban J connectivity index is 1.72. The zero-order chi connectivity index (χ0) is 18.1. The summed E-state index contributed by atoms with van der Waals surface area (Å²) in [5.74, 6) is 0. The first-order chi connectivity index (χ1) is 12.6. The minimum atomic E-state index is -1.62. The number of nitrogens with zero attached hydrogens (tertiary/aromatic N) is 6. The fourth-order valence-electron chi connectivity index (χ4n) is 3.35. The highest BCUT2D eigenvalue weighted by atomic mass is 19.1. The van der Waals surface area contributed by atoms with Crippen molar-refractivity contribution in [2.45, 2.75) is 18.5 Å². The Bertz CT molecular complexity index is 1060. The molecule has 7 heteroatoms. The van der Waals surface area contributed by atoms with Crippen molar-refractivity contribution < 1.29 is 4.39 Å². The molecule has 1 atom stereocenters. The number of piperidine rings is 1. The molecule has 0 bridgehead atoms. The van der Waals surface area contributed by atoms with Gasteiger partial charge in [-0.1, -0.05) is 0 Å². The van der Waals surface area contributed by atoms with Gasteiger partial charge in [-0.3, -0.25) is 0 Å². The molecule has 1 fully saturated rings. The molecule has 0 spiro atoms. The van der Waals surface area contributed by atoms with E-state index in [4.69, 9.17) is 10.5 Å². The molecule has 1 saturated heterocycles. The molecule has 0 aromatic carbocycles. The fourth-order valence-corrected chi connectivity index (χ4v) is 3.35. The van der Waals surface area contributed by atoms with Crippen LogP contribution in [0.4, 0.5) is 4.39 Å². The number of nitriles is 2. The number of aromatic nitrogens is 3. The molecule has 0 N–H and O–H groups in total. The molecule has 26 heavy (non-hydrogen) atoms. The number of halogens is 1. The first kappa shape index (κ1) is 16.0. The molecule has 6 nitrogen and oxygen atoms in total. The first-order valence-corrected chi connectivity index (χ1v) is 8.31. The lowest BCUT2D eigenvalue weighted by molar-refractivity contribution is 0.0666. The van der Waals surface area contributed by atoms with E-state index in [0.29, 0.717) is 36.4 Å². The Kier molecular flexibility index (Phi) is 3.78. The third kappa shape index (κ3) is 2.74. The Morgan fingerprint density at radius 3 is 2.85 bits per heavy atom. The monoisotopic (exact) mass is 346 g/mol. The highest BCUT2D eigenvalue weighted by Gasteiger charge is 2.39. The molecule has 0 radical (unpaired) electrons. The van der Waals surface area contributed by atoms with Crippen LogP contribution in [0.1, 0.15) is 24.2 Å². The average molecular weight is 346 g/mol.